The zero-order chi connectivity index (χ0) is 25.8. The van der Waals surface area contributed by atoms with E-state index in [9.17, 15) is 4.79 Å². The second-order valence-corrected chi connectivity index (χ2v) is 8.47. The number of aliphatic imine (C=N–C) groups is 1. The van der Waals surface area contributed by atoms with Crippen LogP contribution in [0.4, 0.5) is 5.69 Å². The fourth-order valence-electron chi connectivity index (χ4n) is 3.53. The van der Waals surface area contributed by atoms with E-state index >= 15 is 0 Å². The number of hydrogen-bond donors (Lipinski definition) is 4. The van der Waals surface area contributed by atoms with Crippen molar-refractivity contribution < 1.29 is 14.6 Å². The third-order valence-corrected chi connectivity index (χ3v) is 5.54. The third-order valence-electron chi connectivity index (χ3n) is 5.54. The van der Waals surface area contributed by atoms with Crippen LogP contribution in [-0.4, -0.2) is 37.5 Å². The van der Waals surface area contributed by atoms with E-state index in [1.54, 1.807) is 13.1 Å². The number of benzene rings is 1. The minimum atomic E-state index is -0.0548. The first-order valence-corrected chi connectivity index (χ1v) is 11.4. The molecule has 7 nitrogen and oxygen atoms in total. The number of aliphatic hydroxyl groups excluding tert-OH is 1. The van der Waals surface area contributed by atoms with Gasteiger partial charge in [0.1, 0.15) is 12.4 Å². The predicted molar refractivity (Wildman–Crippen MR) is 141 cm³/mol. The van der Waals surface area contributed by atoms with Gasteiger partial charge in [-0.3, -0.25) is 9.79 Å². The molecule has 2 rings (SSSR count). The smallest absolute Gasteiger partial charge is 0.211 e. The number of aryl methyl sites for hydroxylation is 2. The molecule has 1 amide bonds. The summed E-state index contributed by atoms with van der Waals surface area (Å²) in [5.41, 5.74) is 20.2. The monoisotopic (exact) mass is 468 g/mol. The summed E-state index contributed by atoms with van der Waals surface area (Å²) in [4.78, 5) is 15.2. The number of hydrogen-bond acceptors (Lipinski definition) is 6. The number of rotatable bonds is 8. The Balaban J connectivity index is 0.000000404. The van der Waals surface area contributed by atoms with Crippen LogP contribution in [0.1, 0.15) is 56.7 Å². The molecule has 34 heavy (non-hydrogen) atoms. The summed E-state index contributed by atoms with van der Waals surface area (Å²) >= 11 is 0. The molecule has 0 aliphatic heterocycles. The number of carbonyl (C=O) groups is 1. The fourth-order valence-corrected chi connectivity index (χ4v) is 3.53. The lowest BCUT2D eigenvalue weighted by Gasteiger charge is -2.13. The Labute approximate surface area is 204 Å². The Morgan fingerprint density at radius 2 is 1.91 bits per heavy atom. The quantitative estimate of drug-likeness (QED) is 0.259. The summed E-state index contributed by atoms with van der Waals surface area (Å²) in [5, 5.41) is 11.5. The largest absolute Gasteiger partial charge is 0.492 e. The molecule has 1 aromatic carbocycles. The lowest BCUT2D eigenvalue weighted by molar-refractivity contribution is -0.108. The molecule has 0 spiro atoms. The van der Waals surface area contributed by atoms with Crippen LogP contribution in [0, 0.1) is 13.8 Å². The highest BCUT2D eigenvalue weighted by molar-refractivity contribution is 6.14. The lowest BCUT2D eigenvalue weighted by atomic mass is 9.95. The van der Waals surface area contributed by atoms with Crippen molar-refractivity contribution in [3.8, 4) is 0 Å². The van der Waals surface area contributed by atoms with Gasteiger partial charge >= 0.3 is 0 Å². The van der Waals surface area contributed by atoms with E-state index < -0.39 is 0 Å². The van der Waals surface area contributed by atoms with Crippen molar-refractivity contribution in [2.45, 2.75) is 53.9 Å². The molecule has 0 bridgehead atoms. The Morgan fingerprint density at radius 3 is 2.44 bits per heavy atom. The molecule has 0 unspecified atom stereocenters. The first kappa shape index (κ1) is 28.7. The van der Waals surface area contributed by atoms with Gasteiger partial charge in [0, 0.05) is 36.1 Å². The van der Waals surface area contributed by atoms with E-state index in [0.29, 0.717) is 30.2 Å². The van der Waals surface area contributed by atoms with Gasteiger partial charge in [-0.1, -0.05) is 19.9 Å². The van der Waals surface area contributed by atoms with Crippen LogP contribution < -0.4 is 16.8 Å². The number of anilines is 1. The van der Waals surface area contributed by atoms with Crippen LogP contribution in [0.3, 0.4) is 0 Å². The van der Waals surface area contributed by atoms with Gasteiger partial charge in [-0.2, -0.15) is 0 Å². The average molecular weight is 469 g/mol. The van der Waals surface area contributed by atoms with Gasteiger partial charge in [0.2, 0.25) is 6.41 Å². The van der Waals surface area contributed by atoms with Crippen molar-refractivity contribution in [2.24, 2.45) is 10.7 Å². The SMILES string of the molecule is CN=C(C1=C(NC=O)CC=C(OCCO)C=C1)/C(C)=C(\C)N.Cc1cc(C)c(C(C)C)cc1N. The van der Waals surface area contributed by atoms with E-state index in [0.717, 1.165) is 28.2 Å². The predicted octanol–water partition coefficient (Wildman–Crippen LogP) is 4.17. The highest BCUT2D eigenvalue weighted by Crippen LogP contribution is 2.24. The highest BCUT2D eigenvalue weighted by Gasteiger charge is 2.15. The van der Waals surface area contributed by atoms with E-state index in [4.69, 9.17) is 21.3 Å². The summed E-state index contributed by atoms with van der Waals surface area (Å²) in [6, 6.07) is 4.25. The second-order valence-electron chi connectivity index (χ2n) is 8.47. The minimum Gasteiger partial charge on any atom is -0.492 e. The van der Waals surface area contributed by atoms with Gasteiger partial charge in [-0.05, 0) is 80.2 Å². The van der Waals surface area contributed by atoms with Gasteiger partial charge < -0.3 is 26.6 Å². The third kappa shape index (κ3) is 8.23. The van der Waals surface area contributed by atoms with Gasteiger partial charge in [-0.25, -0.2) is 0 Å². The molecule has 7 heteroatoms. The molecule has 0 atom stereocenters. The Hall–Kier alpha value is -3.32. The zero-order valence-electron chi connectivity index (χ0n) is 21.5. The maximum Gasteiger partial charge on any atom is 0.211 e. The van der Waals surface area contributed by atoms with Crippen molar-refractivity contribution >= 4 is 17.8 Å². The number of aliphatic hydroxyl groups is 1. The topological polar surface area (TPSA) is 123 Å². The van der Waals surface area contributed by atoms with Crippen LogP contribution in [-0.2, 0) is 9.53 Å². The number of carbonyl (C=O) groups excluding carboxylic acids is 1. The van der Waals surface area contributed by atoms with Crippen LogP contribution in [0.15, 0.2) is 63.7 Å². The van der Waals surface area contributed by atoms with Gasteiger partial charge in [0.05, 0.1) is 12.3 Å². The summed E-state index contributed by atoms with van der Waals surface area (Å²) in [7, 11) is 1.68. The molecule has 186 valence electrons. The molecule has 1 aliphatic carbocycles. The molecule has 1 aromatic rings. The van der Waals surface area contributed by atoms with Crippen LogP contribution >= 0.6 is 0 Å². The van der Waals surface area contributed by atoms with E-state index in [2.05, 4.69) is 43.2 Å². The van der Waals surface area contributed by atoms with Crippen molar-refractivity contribution in [3.63, 3.8) is 0 Å². The Kier molecular flexibility index (Phi) is 11.9. The average Bonchev–Trinajstić information content (AvgIpc) is 2.98. The molecule has 0 radical (unpaired) electrons. The van der Waals surface area contributed by atoms with Crippen LogP contribution in [0.2, 0.25) is 0 Å². The molecular weight excluding hydrogens is 428 g/mol. The van der Waals surface area contributed by atoms with E-state index in [-0.39, 0.29) is 13.2 Å². The zero-order valence-corrected chi connectivity index (χ0v) is 21.5. The number of amides is 1. The Bertz CT molecular complexity index is 1010. The number of allylic oxidation sites excluding steroid dienone is 6. The number of ether oxygens (including phenoxy) is 1. The van der Waals surface area contributed by atoms with Crippen LogP contribution in [0.5, 0.6) is 0 Å². The molecule has 0 fully saturated rings. The lowest BCUT2D eigenvalue weighted by Crippen LogP contribution is -2.18. The number of nitrogens with zero attached hydrogens (tertiary/aromatic N) is 1. The van der Waals surface area contributed by atoms with Gasteiger partial charge in [0.15, 0.2) is 0 Å². The van der Waals surface area contributed by atoms with E-state index in [1.807, 2.05) is 32.9 Å². The summed E-state index contributed by atoms with van der Waals surface area (Å²) in [6.07, 6.45) is 6.58. The first-order valence-electron chi connectivity index (χ1n) is 11.4. The van der Waals surface area contributed by atoms with E-state index in [1.165, 1.54) is 16.7 Å². The first-order chi connectivity index (χ1) is 16.1. The second kappa shape index (κ2) is 14.1. The maximum atomic E-state index is 10.9. The fraction of sp³-hybridized carbons (Fsp3) is 0.407. The van der Waals surface area contributed by atoms with Gasteiger partial charge in [-0.15, -0.1) is 0 Å². The van der Waals surface area contributed by atoms with Crippen molar-refractivity contribution in [3.05, 3.63) is 75.4 Å². The molecule has 0 heterocycles. The molecule has 1 aliphatic rings. The van der Waals surface area contributed by atoms with Crippen molar-refractivity contribution in [1.29, 1.82) is 0 Å². The molecule has 6 N–H and O–H groups in total. The molecule has 0 saturated heterocycles. The summed E-state index contributed by atoms with van der Waals surface area (Å²) in [5.74, 6) is 1.20. The number of nitrogen functional groups attached to an aromatic ring is 1. The molecule has 0 saturated carbocycles. The number of nitrogens with one attached hydrogen (secondary N) is 1. The molecule has 0 aromatic heterocycles. The number of nitrogens with two attached hydrogens (primary N) is 2. The summed E-state index contributed by atoms with van der Waals surface area (Å²) < 4.78 is 5.41. The highest BCUT2D eigenvalue weighted by atomic mass is 16.5. The Morgan fingerprint density at radius 1 is 1.24 bits per heavy atom. The maximum absolute atomic E-state index is 10.9. The minimum absolute atomic E-state index is 0.0548. The molecular formula is C27H40N4O3. The normalized spacial score (nSPS) is 14.6. The standard InChI is InChI=1S/C16H23N3O3.C11H17N/c1-11(12(2)17)16(18-3)14-6-4-13(22-9-8-20)5-7-15(14)19-10-21;1-7(2)10-6-11(12)9(4)5-8(10)3/h4-6,10,20H,7-9,17H2,1-3H3,(H,19,21);5-7H,12H2,1-4H3/b12-11+,18-16?;. The summed E-state index contributed by atoms with van der Waals surface area (Å²) in [6.45, 7) is 12.4. The van der Waals surface area contributed by atoms with Crippen LogP contribution in [0.25, 0.3) is 0 Å². The van der Waals surface area contributed by atoms with Crippen molar-refractivity contribution in [1.82, 2.24) is 5.32 Å². The van der Waals surface area contributed by atoms with Crippen molar-refractivity contribution in [2.75, 3.05) is 26.0 Å². The van der Waals surface area contributed by atoms with Gasteiger partial charge in [0.25, 0.3) is 0 Å².